The Labute approximate surface area is 121 Å². The zero-order chi connectivity index (χ0) is 15.5. The summed E-state index contributed by atoms with van der Waals surface area (Å²) in [5.41, 5.74) is 0. The molecule has 0 aliphatic heterocycles. The third-order valence-electron chi connectivity index (χ3n) is 2.83. The molecule has 0 radical (unpaired) electrons. The molecule has 1 N–H and O–H groups in total. The van der Waals surface area contributed by atoms with Gasteiger partial charge in [0, 0.05) is 13.2 Å². The minimum Gasteiger partial charge on any atom is -0.481 e. The van der Waals surface area contributed by atoms with E-state index in [1.807, 2.05) is 0 Å². The van der Waals surface area contributed by atoms with Crippen LogP contribution < -0.4 is 0 Å². The van der Waals surface area contributed by atoms with Gasteiger partial charge in [0.25, 0.3) is 0 Å². The van der Waals surface area contributed by atoms with Crippen molar-refractivity contribution >= 4 is 16.0 Å². The highest BCUT2D eigenvalue weighted by Crippen LogP contribution is 2.16. The van der Waals surface area contributed by atoms with Crippen molar-refractivity contribution in [2.45, 2.75) is 24.4 Å². The molecule has 0 unspecified atom stereocenters. The maximum atomic E-state index is 12.3. The summed E-state index contributed by atoms with van der Waals surface area (Å²) in [4.78, 5) is 10.5. The number of nitrogens with zero attached hydrogens (tertiary/aromatic N) is 3. The molecule has 0 spiro atoms. The average molecular weight is 313 g/mol. The fourth-order valence-electron chi connectivity index (χ4n) is 1.70. The smallest absolute Gasteiger partial charge is 0.305 e. The molecule has 0 atom stereocenters. The van der Waals surface area contributed by atoms with E-state index in [-0.39, 0.29) is 24.4 Å². The number of rotatable bonds is 7. The Morgan fingerprint density at radius 2 is 2.29 bits per heavy atom. The Balaban J connectivity index is 2.10. The van der Waals surface area contributed by atoms with Crippen molar-refractivity contribution in [1.29, 1.82) is 0 Å². The van der Waals surface area contributed by atoms with Gasteiger partial charge in [-0.2, -0.15) is 9.40 Å². The lowest BCUT2D eigenvalue weighted by Gasteiger charge is -2.14. The van der Waals surface area contributed by atoms with Crippen molar-refractivity contribution < 1.29 is 22.7 Å². The summed E-state index contributed by atoms with van der Waals surface area (Å²) in [6, 6.07) is 3.36. The van der Waals surface area contributed by atoms with Crippen molar-refractivity contribution in [1.82, 2.24) is 14.1 Å². The van der Waals surface area contributed by atoms with Crippen LogP contribution in [0.2, 0.25) is 0 Å². The van der Waals surface area contributed by atoms with Gasteiger partial charge in [0.2, 0.25) is 10.0 Å². The lowest BCUT2D eigenvalue weighted by molar-refractivity contribution is -0.137. The molecule has 2 rings (SSSR count). The lowest BCUT2D eigenvalue weighted by atomic mass is 10.4. The van der Waals surface area contributed by atoms with Gasteiger partial charge in [-0.3, -0.25) is 9.48 Å². The van der Waals surface area contributed by atoms with Gasteiger partial charge in [0.1, 0.15) is 10.7 Å². The third-order valence-corrected chi connectivity index (χ3v) is 4.59. The molecule has 9 heteroatoms. The van der Waals surface area contributed by atoms with Gasteiger partial charge in [-0.25, -0.2) is 8.42 Å². The molecule has 0 fully saturated rings. The van der Waals surface area contributed by atoms with Crippen LogP contribution in [-0.2, 0) is 27.9 Å². The van der Waals surface area contributed by atoms with E-state index in [2.05, 4.69) is 5.10 Å². The largest absolute Gasteiger partial charge is 0.481 e. The molecule has 2 aromatic rings. The number of carbonyl (C=O) groups is 1. The predicted molar refractivity (Wildman–Crippen MR) is 71.8 cm³/mol. The van der Waals surface area contributed by atoms with Crippen LogP contribution in [0.25, 0.3) is 0 Å². The fraction of sp³-hybridized carbons (Fsp3) is 0.333. The van der Waals surface area contributed by atoms with Gasteiger partial charge >= 0.3 is 5.97 Å². The Hall–Kier alpha value is -2.13. The maximum Gasteiger partial charge on any atom is 0.305 e. The van der Waals surface area contributed by atoms with Crippen molar-refractivity contribution in [3.8, 4) is 0 Å². The monoisotopic (exact) mass is 313 g/mol. The van der Waals surface area contributed by atoms with Crippen LogP contribution >= 0.6 is 0 Å². The minimum atomic E-state index is -3.69. The van der Waals surface area contributed by atoms with Crippen LogP contribution in [0.15, 0.2) is 40.1 Å². The van der Waals surface area contributed by atoms with Crippen molar-refractivity contribution in [2.24, 2.45) is 0 Å². The average Bonchev–Trinajstić information content (AvgIpc) is 3.07. The van der Waals surface area contributed by atoms with Gasteiger partial charge < -0.3 is 9.52 Å². The Kier molecular flexibility index (Phi) is 4.43. The third kappa shape index (κ3) is 3.70. The SMILES string of the molecule is CN(Cc1ccco1)S(=O)(=O)c1cnn(CCC(=O)O)c1. The van der Waals surface area contributed by atoms with Gasteiger partial charge in [-0.15, -0.1) is 0 Å². The van der Waals surface area contributed by atoms with Crippen LogP contribution in [0.4, 0.5) is 0 Å². The van der Waals surface area contributed by atoms with E-state index in [4.69, 9.17) is 9.52 Å². The number of aryl methyl sites for hydroxylation is 1. The van der Waals surface area contributed by atoms with Crippen LogP contribution in [0.1, 0.15) is 12.2 Å². The van der Waals surface area contributed by atoms with E-state index in [0.717, 1.165) is 4.31 Å². The molecule has 0 saturated carbocycles. The van der Waals surface area contributed by atoms with E-state index < -0.39 is 16.0 Å². The number of carboxylic acids is 1. The summed E-state index contributed by atoms with van der Waals surface area (Å²) in [6.07, 6.45) is 3.87. The number of hydrogen-bond donors (Lipinski definition) is 1. The number of aromatic nitrogens is 2. The van der Waals surface area contributed by atoms with Gasteiger partial charge in [-0.05, 0) is 12.1 Å². The highest BCUT2D eigenvalue weighted by atomic mass is 32.2. The molecule has 0 bridgehead atoms. The fourth-order valence-corrected chi connectivity index (χ4v) is 2.79. The molecule has 2 heterocycles. The Morgan fingerprint density at radius 3 is 2.90 bits per heavy atom. The number of sulfonamides is 1. The molecular formula is C12H15N3O5S. The van der Waals surface area contributed by atoms with E-state index in [1.165, 1.54) is 30.4 Å². The first-order valence-corrected chi connectivity index (χ1v) is 7.56. The van der Waals surface area contributed by atoms with Crippen molar-refractivity contribution in [3.05, 3.63) is 36.5 Å². The molecule has 0 aliphatic rings. The van der Waals surface area contributed by atoms with Crippen molar-refractivity contribution in [2.75, 3.05) is 7.05 Å². The number of furan rings is 1. The molecular weight excluding hydrogens is 298 g/mol. The summed E-state index contributed by atoms with van der Waals surface area (Å²) in [6.45, 7) is 0.225. The van der Waals surface area contributed by atoms with Gasteiger partial charge in [0.05, 0.1) is 32.0 Å². The van der Waals surface area contributed by atoms with Crippen LogP contribution in [-0.4, -0.2) is 40.6 Å². The molecule has 8 nitrogen and oxygen atoms in total. The number of hydrogen-bond acceptors (Lipinski definition) is 5. The molecule has 0 amide bonds. The molecule has 0 aromatic carbocycles. The van der Waals surface area contributed by atoms with E-state index in [0.29, 0.717) is 5.76 Å². The van der Waals surface area contributed by atoms with Gasteiger partial charge in [-0.1, -0.05) is 0 Å². The maximum absolute atomic E-state index is 12.3. The highest BCUT2D eigenvalue weighted by Gasteiger charge is 2.23. The summed E-state index contributed by atoms with van der Waals surface area (Å²) in [5.74, 6) is -0.441. The number of carboxylic acid groups (broad SMARTS) is 1. The lowest BCUT2D eigenvalue weighted by Crippen LogP contribution is -2.26. The number of aliphatic carboxylic acids is 1. The Bertz CT molecular complexity index is 705. The van der Waals surface area contributed by atoms with Crippen LogP contribution in [0, 0.1) is 0 Å². The quantitative estimate of drug-likeness (QED) is 0.809. The second-order valence-corrected chi connectivity index (χ2v) is 6.47. The molecule has 21 heavy (non-hydrogen) atoms. The summed E-state index contributed by atoms with van der Waals surface area (Å²) in [7, 11) is -2.25. The van der Waals surface area contributed by atoms with Crippen LogP contribution in [0.5, 0.6) is 0 Å². The van der Waals surface area contributed by atoms with E-state index in [1.54, 1.807) is 12.1 Å². The predicted octanol–water partition coefficient (Wildman–Crippen LogP) is 0.771. The standard InChI is InChI=1S/C12H15N3O5S/c1-14(8-10-3-2-6-20-10)21(18,19)11-7-13-15(9-11)5-4-12(16)17/h2-3,6-7,9H,4-5,8H2,1H3,(H,16,17). The van der Waals surface area contributed by atoms with Gasteiger partial charge in [0.15, 0.2) is 0 Å². The second kappa shape index (κ2) is 6.10. The highest BCUT2D eigenvalue weighted by molar-refractivity contribution is 7.89. The Morgan fingerprint density at radius 1 is 1.52 bits per heavy atom. The molecule has 0 aliphatic carbocycles. The van der Waals surface area contributed by atoms with E-state index >= 15 is 0 Å². The summed E-state index contributed by atoms with van der Waals surface area (Å²) >= 11 is 0. The normalized spacial score (nSPS) is 11.9. The zero-order valence-electron chi connectivity index (χ0n) is 11.3. The first kappa shape index (κ1) is 15.3. The summed E-state index contributed by atoms with van der Waals surface area (Å²) in [5, 5.41) is 12.5. The first-order valence-electron chi connectivity index (χ1n) is 6.12. The molecule has 0 saturated heterocycles. The van der Waals surface area contributed by atoms with Crippen molar-refractivity contribution in [3.63, 3.8) is 0 Å². The summed E-state index contributed by atoms with van der Waals surface area (Å²) < 4.78 is 32.2. The first-order chi connectivity index (χ1) is 9.89. The topological polar surface area (TPSA) is 106 Å². The molecule has 114 valence electrons. The van der Waals surface area contributed by atoms with Crippen LogP contribution in [0.3, 0.4) is 0 Å². The minimum absolute atomic E-state index is 0.0157. The molecule has 2 aromatic heterocycles. The zero-order valence-corrected chi connectivity index (χ0v) is 12.2. The van der Waals surface area contributed by atoms with E-state index in [9.17, 15) is 13.2 Å². The second-order valence-electron chi connectivity index (χ2n) is 4.42.